The molecule has 0 radical (unpaired) electrons. The van der Waals surface area contributed by atoms with Gasteiger partial charge in [0.15, 0.2) is 5.96 Å². The third-order valence-corrected chi connectivity index (χ3v) is 4.71. The van der Waals surface area contributed by atoms with Crippen LogP contribution in [0.5, 0.6) is 5.75 Å². The Hall–Kier alpha value is -1.33. The van der Waals surface area contributed by atoms with Crippen LogP contribution in [0.2, 0.25) is 0 Å². The van der Waals surface area contributed by atoms with Gasteiger partial charge in [-0.2, -0.15) is 5.10 Å². The first-order valence-electron chi connectivity index (χ1n) is 9.17. The molecule has 3 rings (SSSR count). The highest BCUT2D eigenvalue weighted by atomic mass is 127. The van der Waals surface area contributed by atoms with Crippen LogP contribution in [-0.4, -0.2) is 60.0 Å². The van der Waals surface area contributed by atoms with Gasteiger partial charge in [-0.1, -0.05) is 22.0 Å². The summed E-state index contributed by atoms with van der Waals surface area (Å²) >= 11 is 3.45. The predicted octanol–water partition coefficient (Wildman–Crippen LogP) is 3.22. The highest BCUT2D eigenvalue weighted by molar-refractivity contribution is 14.0. The van der Waals surface area contributed by atoms with Gasteiger partial charge in [0.25, 0.3) is 0 Å². The number of nitrogens with zero attached hydrogens (tertiary/aromatic N) is 4. The number of hydrogen-bond donors (Lipinski definition) is 1. The molecule has 1 N–H and O–H groups in total. The number of halogens is 2. The maximum atomic E-state index is 5.92. The van der Waals surface area contributed by atoms with Gasteiger partial charge in [0.1, 0.15) is 18.5 Å². The summed E-state index contributed by atoms with van der Waals surface area (Å²) in [6.45, 7) is 6.25. The number of aliphatic imine (C=N–C) groups is 1. The van der Waals surface area contributed by atoms with Crippen LogP contribution in [0.25, 0.3) is 0 Å². The van der Waals surface area contributed by atoms with E-state index >= 15 is 0 Å². The first-order chi connectivity index (χ1) is 13.2. The molecule has 1 atom stereocenters. The molecule has 0 spiro atoms. The Bertz CT molecular complexity index is 770. The Balaban J connectivity index is 0.00000280. The lowest BCUT2D eigenvalue weighted by Crippen LogP contribution is -2.48. The standard InChI is InChI=1S/C19H26BrN5O2.HI/c1-3-21-19(22-7-9-26-17-6-4-5-16(20)11-17)25-8-10-27-18(14-25)15-12-23-24(2)13-15;/h4-6,11-13,18H,3,7-10,14H2,1-2H3,(H,21,22);1H. The number of hydrogen-bond acceptors (Lipinski definition) is 4. The highest BCUT2D eigenvalue weighted by Gasteiger charge is 2.25. The molecule has 0 aliphatic carbocycles. The van der Waals surface area contributed by atoms with Crippen molar-refractivity contribution in [3.8, 4) is 5.75 Å². The second kappa shape index (κ2) is 11.6. The fraction of sp³-hybridized carbons (Fsp3) is 0.474. The summed E-state index contributed by atoms with van der Waals surface area (Å²) < 4.78 is 14.5. The fourth-order valence-electron chi connectivity index (χ4n) is 2.95. The highest BCUT2D eigenvalue weighted by Crippen LogP contribution is 2.21. The average molecular weight is 564 g/mol. The molecule has 9 heteroatoms. The molecular weight excluding hydrogens is 537 g/mol. The second-order valence-corrected chi connectivity index (χ2v) is 7.21. The van der Waals surface area contributed by atoms with Crippen molar-refractivity contribution in [2.75, 3.05) is 39.4 Å². The molecule has 0 amide bonds. The molecule has 0 saturated carbocycles. The second-order valence-electron chi connectivity index (χ2n) is 6.29. The zero-order chi connectivity index (χ0) is 19.1. The first-order valence-corrected chi connectivity index (χ1v) is 9.96. The van der Waals surface area contributed by atoms with E-state index in [0.29, 0.717) is 19.8 Å². The van der Waals surface area contributed by atoms with Crippen LogP contribution in [0.4, 0.5) is 0 Å². The lowest BCUT2D eigenvalue weighted by molar-refractivity contribution is -0.00805. The molecule has 1 unspecified atom stereocenters. The van der Waals surface area contributed by atoms with Gasteiger partial charge in [-0.15, -0.1) is 24.0 Å². The monoisotopic (exact) mass is 563 g/mol. The molecule has 1 aliphatic heterocycles. The van der Waals surface area contributed by atoms with Crippen LogP contribution >= 0.6 is 39.9 Å². The van der Waals surface area contributed by atoms with E-state index in [1.807, 2.05) is 43.7 Å². The van der Waals surface area contributed by atoms with Gasteiger partial charge in [0, 0.05) is 36.4 Å². The van der Waals surface area contributed by atoms with E-state index in [9.17, 15) is 0 Å². The van der Waals surface area contributed by atoms with E-state index in [2.05, 4.69) is 38.2 Å². The molecule has 1 fully saturated rings. The largest absolute Gasteiger partial charge is 0.492 e. The number of aromatic nitrogens is 2. The minimum absolute atomic E-state index is 0. The summed E-state index contributed by atoms with van der Waals surface area (Å²) in [6, 6.07) is 7.83. The lowest BCUT2D eigenvalue weighted by atomic mass is 10.1. The molecule has 1 aromatic carbocycles. The summed E-state index contributed by atoms with van der Waals surface area (Å²) in [5.41, 5.74) is 1.09. The van der Waals surface area contributed by atoms with Gasteiger partial charge >= 0.3 is 0 Å². The Morgan fingerprint density at radius 2 is 2.32 bits per heavy atom. The van der Waals surface area contributed by atoms with Crippen LogP contribution in [0.3, 0.4) is 0 Å². The topological polar surface area (TPSA) is 63.9 Å². The van der Waals surface area contributed by atoms with Crippen molar-refractivity contribution < 1.29 is 9.47 Å². The first kappa shape index (κ1) is 23.0. The van der Waals surface area contributed by atoms with E-state index in [1.165, 1.54) is 0 Å². The molecule has 0 bridgehead atoms. The zero-order valence-corrected chi connectivity index (χ0v) is 20.1. The summed E-state index contributed by atoms with van der Waals surface area (Å²) in [7, 11) is 1.92. The van der Waals surface area contributed by atoms with Gasteiger partial charge in [0.05, 0.1) is 25.9 Å². The molecule has 7 nitrogen and oxygen atoms in total. The number of nitrogens with one attached hydrogen (secondary N) is 1. The molecule has 154 valence electrons. The molecule has 2 aromatic rings. The van der Waals surface area contributed by atoms with Crippen LogP contribution in [0.15, 0.2) is 46.1 Å². The zero-order valence-electron chi connectivity index (χ0n) is 16.2. The molecule has 28 heavy (non-hydrogen) atoms. The Morgan fingerprint density at radius 3 is 3.04 bits per heavy atom. The van der Waals surface area contributed by atoms with E-state index in [1.54, 1.807) is 4.68 Å². The molecule has 1 aromatic heterocycles. The molecule has 2 heterocycles. The van der Waals surface area contributed by atoms with Crippen molar-refractivity contribution in [2.24, 2.45) is 12.0 Å². The van der Waals surface area contributed by atoms with Gasteiger partial charge in [-0.25, -0.2) is 4.99 Å². The molecule has 1 saturated heterocycles. The van der Waals surface area contributed by atoms with Crippen molar-refractivity contribution in [1.82, 2.24) is 20.0 Å². The summed E-state index contributed by atoms with van der Waals surface area (Å²) in [5, 5.41) is 7.62. The SMILES string of the molecule is CCNC(=NCCOc1cccc(Br)c1)N1CCOC(c2cnn(C)c2)C1.I. The Kier molecular flexibility index (Phi) is 9.52. The average Bonchev–Trinajstić information content (AvgIpc) is 3.11. The van der Waals surface area contributed by atoms with Gasteiger partial charge in [-0.05, 0) is 25.1 Å². The van der Waals surface area contributed by atoms with Gasteiger partial charge in [0.2, 0.25) is 0 Å². The maximum Gasteiger partial charge on any atom is 0.194 e. The Morgan fingerprint density at radius 1 is 1.46 bits per heavy atom. The summed E-state index contributed by atoms with van der Waals surface area (Å²) in [4.78, 5) is 6.97. The number of benzene rings is 1. The smallest absolute Gasteiger partial charge is 0.194 e. The number of aryl methyl sites for hydroxylation is 1. The number of morpholine rings is 1. The van der Waals surface area contributed by atoms with E-state index in [0.717, 1.165) is 41.4 Å². The summed E-state index contributed by atoms with van der Waals surface area (Å²) in [6.07, 6.45) is 3.88. The van der Waals surface area contributed by atoms with E-state index in [4.69, 9.17) is 14.5 Å². The number of guanidine groups is 1. The normalized spacial score (nSPS) is 17.2. The van der Waals surface area contributed by atoms with Crippen LogP contribution < -0.4 is 10.1 Å². The quantitative estimate of drug-likeness (QED) is 0.253. The van der Waals surface area contributed by atoms with Crippen LogP contribution in [0.1, 0.15) is 18.6 Å². The third-order valence-electron chi connectivity index (χ3n) is 4.22. The molecule has 1 aliphatic rings. The van der Waals surface area contributed by atoms with Crippen molar-refractivity contribution >= 4 is 45.9 Å². The van der Waals surface area contributed by atoms with E-state index in [-0.39, 0.29) is 30.1 Å². The van der Waals surface area contributed by atoms with Crippen molar-refractivity contribution in [2.45, 2.75) is 13.0 Å². The minimum Gasteiger partial charge on any atom is -0.492 e. The van der Waals surface area contributed by atoms with E-state index < -0.39 is 0 Å². The third kappa shape index (κ3) is 6.63. The Labute approximate surface area is 191 Å². The van der Waals surface area contributed by atoms with Crippen molar-refractivity contribution in [3.05, 3.63) is 46.7 Å². The van der Waals surface area contributed by atoms with Gasteiger partial charge in [-0.3, -0.25) is 4.68 Å². The number of ether oxygens (including phenoxy) is 2. The number of rotatable bonds is 6. The van der Waals surface area contributed by atoms with Crippen molar-refractivity contribution in [3.63, 3.8) is 0 Å². The fourth-order valence-corrected chi connectivity index (χ4v) is 3.33. The molecular formula is C19H27BrIN5O2. The minimum atomic E-state index is 0. The van der Waals surface area contributed by atoms with Crippen LogP contribution in [-0.2, 0) is 11.8 Å². The van der Waals surface area contributed by atoms with Gasteiger partial charge < -0.3 is 19.7 Å². The predicted molar refractivity (Wildman–Crippen MR) is 125 cm³/mol. The lowest BCUT2D eigenvalue weighted by Gasteiger charge is -2.34. The summed E-state index contributed by atoms with van der Waals surface area (Å²) in [5.74, 6) is 1.74. The van der Waals surface area contributed by atoms with Crippen LogP contribution in [0, 0.1) is 0 Å². The maximum absolute atomic E-state index is 5.92. The van der Waals surface area contributed by atoms with Crippen molar-refractivity contribution in [1.29, 1.82) is 0 Å².